The summed E-state index contributed by atoms with van der Waals surface area (Å²) in [5, 5.41) is 14.1. The molecule has 0 fully saturated rings. The van der Waals surface area contributed by atoms with Gasteiger partial charge in [-0.3, -0.25) is 9.79 Å². The van der Waals surface area contributed by atoms with Crippen LogP contribution in [0.25, 0.3) is 0 Å². The van der Waals surface area contributed by atoms with Crippen molar-refractivity contribution in [3.63, 3.8) is 0 Å². The van der Waals surface area contributed by atoms with Gasteiger partial charge < -0.3 is 10.4 Å². The van der Waals surface area contributed by atoms with Crippen LogP contribution in [0.3, 0.4) is 0 Å². The van der Waals surface area contributed by atoms with E-state index in [1.54, 1.807) is 30.5 Å². The molecule has 0 unspecified atom stereocenters. The largest absolute Gasteiger partial charge is 0.506 e. The van der Waals surface area contributed by atoms with E-state index < -0.39 is 0 Å². The molecule has 2 N–H and O–H groups in total. The first-order chi connectivity index (χ1) is 16.0. The van der Waals surface area contributed by atoms with Crippen molar-refractivity contribution >= 4 is 51.0 Å². The number of phenols is 1. The molecule has 0 aliphatic rings. The maximum atomic E-state index is 12.4. The van der Waals surface area contributed by atoms with Gasteiger partial charge in [0.15, 0.2) is 0 Å². The molecule has 4 rings (SSSR count). The van der Waals surface area contributed by atoms with Crippen LogP contribution in [0.5, 0.6) is 5.75 Å². The molecule has 0 aromatic heterocycles. The van der Waals surface area contributed by atoms with Crippen LogP contribution in [-0.4, -0.2) is 17.2 Å². The van der Waals surface area contributed by atoms with Crippen LogP contribution in [-0.2, 0) is 6.42 Å². The molecule has 0 spiro atoms. The number of hydrogen-bond donors (Lipinski definition) is 2. The Labute approximate surface area is 205 Å². The van der Waals surface area contributed by atoms with Crippen LogP contribution in [0.1, 0.15) is 27.0 Å². The number of amides is 1. The van der Waals surface area contributed by atoms with Gasteiger partial charge in [0.1, 0.15) is 5.75 Å². The minimum atomic E-state index is -0.189. The summed E-state index contributed by atoms with van der Waals surface area (Å²) < 4.78 is 0.581. The summed E-state index contributed by atoms with van der Waals surface area (Å²) in [6.07, 6.45) is 2.23. The highest BCUT2D eigenvalue weighted by Crippen LogP contribution is 2.31. The van der Waals surface area contributed by atoms with Crippen molar-refractivity contribution in [3.8, 4) is 5.75 Å². The molecular formula is C27H20BrClN2O2. The zero-order chi connectivity index (χ0) is 23.2. The first-order valence-corrected chi connectivity index (χ1v) is 11.4. The lowest BCUT2D eigenvalue weighted by Gasteiger charge is -2.09. The molecule has 4 aromatic rings. The van der Waals surface area contributed by atoms with Crippen molar-refractivity contribution in [1.82, 2.24) is 0 Å². The van der Waals surface area contributed by atoms with Gasteiger partial charge in [0.2, 0.25) is 0 Å². The van der Waals surface area contributed by atoms with E-state index in [-0.39, 0.29) is 11.7 Å². The van der Waals surface area contributed by atoms with Crippen molar-refractivity contribution in [3.05, 3.63) is 123 Å². The highest BCUT2D eigenvalue weighted by molar-refractivity contribution is 9.10. The standard InChI is InChI=1S/C27H20BrClN2O2/c28-24-15-18(13-20-9-4-5-12-25(20)29)14-21(26(24)32)17-30-22-10-6-11-23(16-22)31-27(33)19-7-2-1-3-8-19/h1-12,14-17,32H,13H2,(H,31,33). The number of aliphatic imine (C=N–C) groups is 1. The van der Waals surface area contributed by atoms with Crippen molar-refractivity contribution in [1.29, 1.82) is 0 Å². The normalized spacial score (nSPS) is 11.0. The van der Waals surface area contributed by atoms with Crippen LogP contribution in [0, 0.1) is 0 Å². The van der Waals surface area contributed by atoms with Crippen LogP contribution in [0.2, 0.25) is 5.02 Å². The molecule has 1 amide bonds. The van der Waals surface area contributed by atoms with Crippen molar-refractivity contribution < 1.29 is 9.90 Å². The SMILES string of the molecule is O=C(Nc1cccc(N=Cc2cc(Cc3ccccc3Cl)cc(Br)c2O)c1)c1ccccc1. The van der Waals surface area contributed by atoms with Crippen molar-refractivity contribution in [2.24, 2.45) is 4.99 Å². The Morgan fingerprint density at radius 2 is 1.73 bits per heavy atom. The number of nitrogens with one attached hydrogen (secondary N) is 1. The first-order valence-electron chi connectivity index (χ1n) is 10.2. The minimum absolute atomic E-state index is 0.107. The molecule has 0 atom stereocenters. The van der Waals surface area contributed by atoms with E-state index in [0.717, 1.165) is 11.1 Å². The van der Waals surface area contributed by atoms with Gasteiger partial charge in [-0.05, 0) is 82.0 Å². The second-order valence-corrected chi connectivity index (χ2v) is 8.67. The Balaban J connectivity index is 1.54. The fourth-order valence-electron chi connectivity index (χ4n) is 3.34. The molecule has 4 aromatic carbocycles. The third-order valence-electron chi connectivity index (χ3n) is 5.00. The fourth-order valence-corrected chi connectivity index (χ4v) is 4.07. The summed E-state index contributed by atoms with van der Waals surface area (Å²) >= 11 is 9.72. The molecule has 164 valence electrons. The number of halogens is 2. The van der Waals surface area contributed by atoms with E-state index in [4.69, 9.17) is 11.6 Å². The molecule has 0 saturated carbocycles. The highest BCUT2D eigenvalue weighted by Gasteiger charge is 2.09. The number of nitrogens with zero attached hydrogens (tertiary/aromatic N) is 1. The summed E-state index contributed by atoms with van der Waals surface area (Å²) in [5.41, 5.74) is 4.42. The Morgan fingerprint density at radius 3 is 2.52 bits per heavy atom. The molecule has 0 heterocycles. The summed E-state index contributed by atoms with van der Waals surface area (Å²) in [4.78, 5) is 16.9. The number of anilines is 1. The lowest BCUT2D eigenvalue weighted by Crippen LogP contribution is -2.11. The number of rotatable bonds is 6. The van der Waals surface area contributed by atoms with E-state index in [1.807, 2.05) is 66.7 Å². The Kier molecular flexibility index (Phi) is 7.23. The summed E-state index contributed by atoms with van der Waals surface area (Å²) in [5.74, 6) is -0.0826. The molecule has 33 heavy (non-hydrogen) atoms. The number of carbonyl (C=O) groups is 1. The second-order valence-electron chi connectivity index (χ2n) is 7.41. The topological polar surface area (TPSA) is 61.7 Å². The Hall–Kier alpha value is -3.41. The number of benzene rings is 4. The van der Waals surface area contributed by atoms with Crippen LogP contribution in [0.15, 0.2) is 100 Å². The molecule has 0 aliphatic carbocycles. The lowest BCUT2D eigenvalue weighted by atomic mass is 10.0. The number of phenolic OH excluding ortho intramolecular Hbond substituents is 1. The molecule has 6 heteroatoms. The smallest absolute Gasteiger partial charge is 0.255 e. The molecule has 0 aliphatic heterocycles. The van der Waals surface area contributed by atoms with Gasteiger partial charge in [-0.25, -0.2) is 0 Å². The first kappa shape index (κ1) is 22.8. The number of hydrogen-bond acceptors (Lipinski definition) is 3. The molecule has 0 saturated heterocycles. The number of carbonyl (C=O) groups excluding carboxylic acids is 1. The van der Waals surface area contributed by atoms with Crippen molar-refractivity contribution in [2.45, 2.75) is 6.42 Å². The molecular weight excluding hydrogens is 500 g/mol. The highest BCUT2D eigenvalue weighted by atomic mass is 79.9. The van der Waals surface area contributed by atoms with E-state index in [2.05, 4.69) is 26.2 Å². The summed E-state index contributed by atoms with van der Waals surface area (Å²) in [6.45, 7) is 0. The van der Waals surface area contributed by atoms with E-state index in [9.17, 15) is 9.90 Å². The van der Waals surface area contributed by atoms with E-state index >= 15 is 0 Å². The van der Waals surface area contributed by atoms with Crippen LogP contribution in [0.4, 0.5) is 11.4 Å². The summed E-state index contributed by atoms with van der Waals surface area (Å²) in [6, 6.07) is 27.7. The monoisotopic (exact) mass is 518 g/mol. The Bertz CT molecular complexity index is 1320. The fraction of sp³-hybridized carbons (Fsp3) is 0.0370. The predicted molar refractivity (Wildman–Crippen MR) is 138 cm³/mol. The lowest BCUT2D eigenvalue weighted by molar-refractivity contribution is 0.102. The molecule has 0 bridgehead atoms. The second kappa shape index (κ2) is 10.5. The van der Waals surface area contributed by atoms with Gasteiger partial charge in [-0.1, -0.05) is 54.1 Å². The van der Waals surface area contributed by atoms with E-state index in [1.165, 1.54) is 0 Å². The zero-order valence-electron chi connectivity index (χ0n) is 17.5. The zero-order valence-corrected chi connectivity index (χ0v) is 19.8. The maximum absolute atomic E-state index is 12.4. The quantitative estimate of drug-likeness (QED) is 0.261. The van der Waals surface area contributed by atoms with Gasteiger partial charge in [-0.15, -0.1) is 0 Å². The predicted octanol–water partition coefficient (Wildman–Crippen LogP) is 7.40. The minimum Gasteiger partial charge on any atom is -0.506 e. The van der Waals surface area contributed by atoms with E-state index in [0.29, 0.717) is 38.4 Å². The van der Waals surface area contributed by atoms with Gasteiger partial charge >= 0.3 is 0 Å². The van der Waals surface area contributed by atoms with Gasteiger partial charge in [0.05, 0.1) is 10.2 Å². The molecule has 0 radical (unpaired) electrons. The van der Waals surface area contributed by atoms with Crippen LogP contribution >= 0.6 is 27.5 Å². The average molecular weight is 520 g/mol. The molecule has 4 nitrogen and oxygen atoms in total. The Morgan fingerprint density at radius 1 is 0.970 bits per heavy atom. The van der Waals surface area contributed by atoms with Gasteiger partial charge in [0, 0.05) is 28.1 Å². The van der Waals surface area contributed by atoms with Crippen LogP contribution < -0.4 is 5.32 Å². The third-order valence-corrected chi connectivity index (χ3v) is 5.97. The maximum Gasteiger partial charge on any atom is 0.255 e. The number of aromatic hydroxyl groups is 1. The third kappa shape index (κ3) is 5.89. The summed E-state index contributed by atoms with van der Waals surface area (Å²) in [7, 11) is 0. The van der Waals surface area contributed by atoms with Gasteiger partial charge in [-0.2, -0.15) is 0 Å². The van der Waals surface area contributed by atoms with Gasteiger partial charge in [0.25, 0.3) is 5.91 Å². The van der Waals surface area contributed by atoms with Crippen molar-refractivity contribution in [2.75, 3.05) is 5.32 Å². The average Bonchev–Trinajstić information content (AvgIpc) is 2.82.